The van der Waals surface area contributed by atoms with Crippen LogP contribution in [0.25, 0.3) is 5.65 Å². The van der Waals surface area contributed by atoms with E-state index < -0.39 is 0 Å². The van der Waals surface area contributed by atoms with Crippen LogP contribution in [0.15, 0.2) is 18.3 Å². The third kappa shape index (κ3) is 2.53. The smallest absolute Gasteiger partial charge is 0.158 e. The molecule has 5 heteroatoms. The van der Waals surface area contributed by atoms with Gasteiger partial charge in [-0.1, -0.05) is 20.8 Å². The van der Waals surface area contributed by atoms with Crippen molar-refractivity contribution in [2.45, 2.75) is 20.8 Å². The number of hydrogen-bond acceptors (Lipinski definition) is 4. The van der Waals surface area contributed by atoms with E-state index in [0.717, 1.165) is 12.4 Å². The number of nitriles is 1. The third-order valence-electron chi connectivity index (χ3n) is 2.27. The van der Waals surface area contributed by atoms with Gasteiger partial charge in [-0.3, -0.25) is 0 Å². The van der Waals surface area contributed by atoms with Gasteiger partial charge in [-0.05, 0) is 5.41 Å². The summed E-state index contributed by atoms with van der Waals surface area (Å²) in [7, 11) is 0. The molecule has 2 aromatic rings. The molecule has 0 spiro atoms. The molecule has 0 aliphatic heterocycles. The standard InChI is InChI=1S/C12H15N5/c1-12(2,3)8-14-11-6-9(7-13)16-10-4-5-15-17(10)11/h4-6,14H,8H2,1-3H3. The summed E-state index contributed by atoms with van der Waals surface area (Å²) in [5, 5.41) is 16.4. The maximum Gasteiger partial charge on any atom is 0.158 e. The predicted molar refractivity (Wildman–Crippen MR) is 65.6 cm³/mol. The number of nitrogens with one attached hydrogen (secondary N) is 1. The number of hydrogen-bond donors (Lipinski definition) is 1. The third-order valence-corrected chi connectivity index (χ3v) is 2.27. The van der Waals surface area contributed by atoms with Gasteiger partial charge in [0.1, 0.15) is 17.6 Å². The van der Waals surface area contributed by atoms with Crippen LogP contribution in [-0.4, -0.2) is 21.1 Å². The first-order valence-electron chi connectivity index (χ1n) is 5.48. The van der Waals surface area contributed by atoms with Gasteiger partial charge in [0.25, 0.3) is 0 Å². The Balaban J connectivity index is 2.38. The summed E-state index contributed by atoms with van der Waals surface area (Å²) in [5.74, 6) is 0.798. The Morgan fingerprint density at radius 2 is 2.24 bits per heavy atom. The van der Waals surface area contributed by atoms with Crippen LogP contribution in [-0.2, 0) is 0 Å². The lowest BCUT2D eigenvalue weighted by Gasteiger charge is -2.19. The first kappa shape index (κ1) is 11.4. The summed E-state index contributed by atoms with van der Waals surface area (Å²) < 4.78 is 1.70. The summed E-state index contributed by atoms with van der Waals surface area (Å²) in [6.07, 6.45) is 1.67. The minimum absolute atomic E-state index is 0.162. The highest BCUT2D eigenvalue weighted by Gasteiger charge is 2.12. The molecular weight excluding hydrogens is 214 g/mol. The first-order valence-corrected chi connectivity index (χ1v) is 5.48. The van der Waals surface area contributed by atoms with E-state index in [2.05, 4.69) is 42.2 Å². The van der Waals surface area contributed by atoms with Crippen molar-refractivity contribution in [3.8, 4) is 6.07 Å². The zero-order chi connectivity index (χ0) is 12.5. The van der Waals surface area contributed by atoms with Crippen LogP contribution < -0.4 is 5.32 Å². The van der Waals surface area contributed by atoms with Crippen molar-refractivity contribution >= 4 is 11.5 Å². The molecule has 0 radical (unpaired) electrons. The van der Waals surface area contributed by atoms with Crippen LogP contribution in [0, 0.1) is 16.7 Å². The van der Waals surface area contributed by atoms with E-state index in [0.29, 0.717) is 11.3 Å². The van der Waals surface area contributed by atoms with Gasteiger partial charge < -0.3 is 5.32 Å². The van der Waals surface area contributed by atoms with E-state index in [4.69, 9.17) is 5.26 Å². The number of aromatic nitrogens is 3. The summed E-state index contributed by atoms with van der Waals surface area (Å²) in [4.78, 5) is 4.16. The lowest BCUT2D eigenvalue weighted by molar-refractivity contribution is 0.442. The SMILES string of the molecule is CC(C)(C)CNc1cc(C#N)nc2ccnn12. The zero-order valence-corrected chi connectivity index (χ0v) is 10.2. The number of anilines is 1. The molecule has 5 nitrogen and oxygen atoms in total. The molecule has 0 aromatic carbocycles. The van der Waals surface area contributed by atoms with Gasteiger partial charge in [0.05, 0.1) is 6.20 Å². The van der Waals surface area contributed by atoms with Crippen LogP contribution in [0.2, 0.25) is 0 Å². The molecule has 0 saturated carbocycles. The fourth-order valence-electron chi connectivity index (χ4n) is 1.45. The molecule has 0 atom stereocenters. The largest absolute Gasteiger partial charge is 0.369 e. The van der Waals surface area contributed by atoms with Gasteiger partial charge in [0.2, 0.25) is 0 Å². The van der Waals surface area contributed by atoms with Crippen molar-refractivity contribution < 1.29 is 0 Å². The molecule has 2 aromatic heterocycles. The highest BCUT2D eigenvalue weighted by Crippen LogP contribution is 2.16. The van der Waals surface area contributed by atoms with Crippen LogP contribution in [0.3, 0.4) is 0 Å². The van der Waals surface area contributed by atoms with E-state index in [1.54, 1.807) is 22.8 Å². The van der Waals surface area contributed by atoms with E-state index >= 15 is 0 Å². The molecule has 0 aliphatic carbocycles. The zero-order valence-electron chi connectivity index (χ0n) is 10.2. The summed E-state index contributed by atoms with van der Waals surface area (Å²) in [5.41, 5.74) is 1.24. The lowest BCUT2D eigenvalue weighted by Crippen LogP contribution is -2.20. The Kier molecular flexibility index (Phi) is 2.72. The van der Waals surface area contributed by atoms with Crippen LogP contribution in [0.1, 0.15) is 26.5 Å². The summed E-state index contributed by atoms with van der Waals surface area (Å²) in [6.45, 7) is 7.24. The maximum absolute atomic E-state index is 8.92. The number of rotatable bonds is 2. The van der Waals surface area contributed by atoms with Crippen LogP contribution >= 0.6 is 0 Å². The molecule has 0 saturated heterocycles. The van der Waals surface area contributed by atoms with Crippen molar-refractivity contribution in [2.75, 3.05) is 11.9 Å². The number of nitrogens with zero attached hydrogens (tertiary/aromatic N) is 4. The van der Waals surface area contributed by atoms with Crippen molar-refractivity contribution in [3.63, 3.8) is 0 Å². The topological polar surface area (TPSA) is 66.0 Å². The van der Waals surface area contributed by atoms with Crippen molar-refractivity contribution in [2.24, 2.45) is 5.41 Å². The second-order valence-corrected chi connectivity index (χ2v) is 5.15. The Labute approximate surface area is 100 Å². The van der Waals surface area contributed by atoms with Crippen molar-refractivity contribution in [1.29, 1.82) is 5.26 Å². The maximum atomic E-state index is 8.92. The molecule has 0 amide bonds. The Bertz CT molecular complexity index is 571. The summed E-state index contributed by atoms with van der Waals surface area (Å²) >= 11 is 0. The number of fused-ring (bicyclic) bond motifs is 1. The summed E-state index contributed by atoms with van der Waals surface area (Å²) in [6, 6.07) is 5.55. The van der Waals surface area contributed by atoms with Gasteiger partial charge in [-0.15, -0.1) is 0 Å². The molecular formula is C12H15N5. The normalized spacial score (nSPS) is 11.4. The Morgan fingerprint density at radius 1 is 1.47 bits per heavy atom. The van der Waals surface area contributed by atoms with Crippen LogP contribution in [0.4, 0.5) is 5.82 Å². The molecule has 2 rings (SSSR count). The van der Waals surface area contributed by atoms with Gasteiger partial charge in [-0.25, -0.2) is 4.98 Å². The molecule has 1 N–H and O–H groups in total. The van der Waals surface area contributed by atoms with Crippen molar-refractivity contribution in [1.82, 2.24) is 14.6 Å². The Hall–Kier alpha value is -2.09. The van der Waals surface area contributed by atoms with Crippen LogP contribution in [0.5, 0.6) is 0 Å². The van der Waals surface area contributed by atoms with E-state index in [1.165, 1.54) is 0 Å². The minimum Gasteiger partial charge on any atom is -0.369 e. The van der Waals surface area contributed by atoms with Gasteiger partial charge >= 0.3 is 0 Å². The first-order chi connectivity index (χ1) is 7.99. The highest BCUT2D eigenvalue weighted by atomic mass is 15.3. The van der Waals surface area contributed by atoms with Gasteiger partial charge in [0.15, 0.2) is 5.65 Å². The van der Waals surface area contributed by atoms with Crippen molar-refractivity contribution in [3.05, 3.63) is 24.0 Å². The molecule has 0 bridgehead atoms. The van der Waals surface area contributed by atoms with Gasteiger partial charge in [-0.2, -0.15) is 14.9 Å². The molecule has 2 heterocycles. The monoisotopic (exact) mass is 229 g/mol. The minimum atomic E-state index is 0.162. The predicted octanol–water partition coefficient (Wildman–Crippen LogP) is 2.06. The average Bonchev–Trinajstić information content (AvgIpc) is 2.72. The fraction of sp³-hybridized carbons (Fsp3) is 0.417. The molecule has 17 heavy (non-hydrogen) atoms. The molecule has 0 aliphatic rings. The van der Waals surface area contributed by atoms with E-state index in [-0.39, 0.29) is 5.41 Å². The second kappa shape index (κ2) is 4.06. The molecule has 88 valence electrons. The van der Waals surface area contributed by atoms with E-state index in [9.17, 15) is 0 Å². The highest BCUT2D eigenvalue weighted by molar-refractivity contribution is 5.51. The average molecular weight is 229 g/mol. The Morgan fingerprint density at radius 3 is 2.88 bits per heavy atom. The second-order valence-electron chi connectivity index (χ2n) is 5.15. The quantitative estimate of drug-likeness (QED) is 0.856. The fourth-order valence-corrected chi connectivity index (χ4v) is 1.45. The van der Waals surface area contributed by atoms with E-state index in [1.807, 2.05) is 0 Å². The van der Waals surface area contributed by atoms with Gasteiger partial charge in [0, 0.05) is 18.7 Å². The lowest BCUT2D eigenvalue weighted by atomic mass is 9.97. The molecule has 0 fully saturated rings. The molecule has 0 unspecified atom stereocenters.